The highest BCUT2D eigenvalue weighted by atomic mass is 32.2. The van der Waals surface area contributed by atoms with Crippen molar-refractivity contribution in [2.24, 2.45) is 10.8 Å². The molecule has 0 bridgehead atoms. The SMILES string of the molecule is COC(=O)CC1(CS(=O)CCCC(C)(C)C#N)CC1. The number of carbonyl (C=O) groups excluding carboxylic acids is 1. The van der Waals surface area contributed by atoms with Crippen LogP contribution in [-0.2, 0) is 20.3 Å². The summed E-state index contributed by atoms with van der Waals surface area (Å²) in [4.78, 5) is 11.3. The Morgan fingerprint density at radius 2 is 2.11 bits per heavy atom. The van der Waals surface area contributed by atoms with E-state index in [1.807, 2.05) is 13.8 Å². The number of esters is 1. The van der Waals surface area contributed by atoms with Crippen molar-refractivity contribution >= 4 is 16.8 Å². The van der Waals surface area contributed by atoms with Crippen LogP contribution in [0.2, 0.25) is 0 Å². The molecule has 108 valence electrons. The van der Waals surface area contributed by atoms with Gasteiger partial charge in [-0.3, -0.25) is 9.00 Å². The Morgan fingerprint density at radius 1 is 1.47 bits per heavy atom. The summed E-state index contributed by atoms with van der Waals surface area (Å²) < 4.78 is 16.7. The molecule has 0 spiro atoms. The predicted octanol–water partition coefficient (Wildman–Crippen LogP) is 2.41. The first-order valence-electron chi connectivity index (χ1n) is 6.66. The zero-order chi connectivity index (χ0) is 14.5. The number of hydrogen-bond donors (Lipinski definition) is 0. The fourth-order valence-corrected chi connectivity index (χ4v) is 3.76. The van der Waals surface area contributed by atoms with Crippen LogP contribution in [0.15, 0.2) is 0 Å². The summed E-state index contributed by atoms with van der Waals surface area (Å²) in [6.45, 7) is 3.80. The normalized spacial score (nSPS) is 18.4. The number of hydrogen-bond acceptors (Lipinski definition) is 4. The van der Waals surface area contributed by atoms with Crippen LogP contribution in [0.3, 0.4) is 0 Å². The van der Waals surface area contributed by atoms with Gasteiger partial charge in [0.25, 0.3) is 0 Å². The fourth-order valence-electron chi connectivity index (χ4n) is 2.07. The molecule has 0 aliphatic heterocycles. The molecule has 0 radical (unpaired) electrons. The van der Waals surface area contributed by atoms with E-state index in [2.05, 4.69) is 10.8 Å². The van der Waals surface area contributed by atoms with Crippen molar-refractivity contribution in [2.45, 2.75) is 46.0 Å². The molecule has 0 aromatic heterocycles. The van der Waals surface area contributed by atoms with Crippen molar-refractivity contribution in [1.82, 2.24) is 0 Å². The summed E-state index contributed by atoms with van der Waals surface area (Å²) in [6.07, 6.45) is 3.88. The largest absolute Gasteiger partial charge is 0.469 e. The topological polar surface area (TPSA) is 67.2 Å². The van der Waals surface area contributed by atoms with Gasteiger partial charge in [-0.15, -0.1) is 0 Å². The molecule has 0 aromatic rings. The highest BCUT2D eigenvalue weighted by Crippen LogP contribution is 2.49. The van der Waals surface area contributed by atoms with E-state index in [1.54, 1.807) is 0 Å². The fraction of sp³-hybridized carbons (Fsp3) is 0.857. The number of methoxy groups -OCH3 is 1. The van der Waals surface area contributed by atoms with Crippen molar-refractivity contribution in [3.8, 4) is 6.07 Å². The van der Waals surface area contributed by atoms with Crippen LogP contribution in [0.4, 0.5) is 0 Å². The van der Waals surface area contributed by atoms with Gasteiger partial charge < -0.3 is 4.74 Å². The molecule has 19 heavy (non-hydrogen) atoms. The van der Waals surface area contributed by atoms with Crippen molar-refractivity contribution < 1.29 is 13.7 Å². The van der Waals surface area contributed by atoms with Crippen LogP contribution in [0.5, 0.6) is 0 Å². The third-order valence-corrected chi connectivity index (χ3v) is 5.33. The molecule has 1 fully saturated rings. The van der Waals surface area contributed by atoms with E-state index in [4.69, 9.17) is 5.26 Å². The molecule has 0 amide bonds. The molecule has 4 nitrogen and oxygen atoms in total. The van der Waals surface area contributed by atoms with Gasteiger partial charge in [0.1, 0.15) is 0 Å². The molecule has 1 unspecified atom stereocenters. The second-order valence-electron chi connectivity index (χ2n) is 6.14. The van der Waals surface area contributed by atoms with Gasteiger partial charge >= 0.3 is 5.97 Å². The van der Waals surface area contributed by atoms with Crippen LogP contribution in [0.1, 0.15) is 46.0 Å². The van der Waals surface area contributed by atoms with Gasteiger partial charge in [-0.05, 0) is 44.9 Å². The lowest BCUT2D eigenvalue weighted by Crippen LogP contribution is -2.19. The number of ether oxygens (including phenoxy) is 1. The maximum atomic E-state index is 12.0. The molecule has 0 aromatic carbocycles. The van der Waals surface area contributed by atoms with Crippen molar-refractivity contribution in [1.29, 1.82) is 5.26 Å². The highest BCUT2D eigenvalue weighted by Gasteiger charge is 2.45. The van der Waals surface area contributed by atoms with Gasteiger partial charge in [0.05, 0.1) is 25.0 Å². The third kappa shape index (κ3) is 5.73. The minimum absolute atomic E-state index is 0.0668. The van der Waals surface area contributed by atoms with Gasteiger partial charge in [0, 0.05) is 22.3 Å². The van der Waals surface area contributed by atoms with Gasteiger partial charge in [-0.2, -0.15) is 5.26 Å². The minimum Gasteiger partial charge on any atom is -0.469 e. The molecule has 0 N–H and O–H groups in total. The lowest BCUT2D eigenvalue weighted by molar-refractivity contribution is -0.141. The number of nitrogens with zero attached hydrogens (tertiary/aromatic N) is 1. The van der Waals surface area contributed by atoms with E-state index >= 15 is 0 Å². The number of rotatable bonds is 8. The second-order valence-corrected chi connectivity index (χ2v) is 7.72. The summed E-state index contributed by atoms with van der Waals surface area (Å²) in [5.74, 6) is 1.00. The monoisotopic (exact) mass is 285 g/mol. The summed E-state index contributed by atoms with van der Waals surface area (Å²) in [5, 5.41) is 8.90. The first kappa shape index (κ1) is 16.2. The number of nitriles is 1. The molecule has 1 aliphatic rings. The van der Waals surface area contributed by atoms with Crippen molar-refractivity contribution in [3.63, 3.8) is 0 Å². The van der Waals surface area contributed by atoms with Crippen LogP contribution in [0.25, 0.3) is 0 Å². The zero-order valence-electron chi connectivity index (χ0n) is 12.0. The first-order valence-corrected chi connectivity index (χ1v) is 8.14. The maximum absolute atomic E-state index is 12.0. The molecule has 1 aliphatic carbocycles. The van der Waals surface area contributed by atoms with E-state index < -0.39 is 10.8 Å². The number of carbonyl (C=O) groups is 1. The zero-order valence-corrected chi connectivity index (χ0v) is 12.8. The Morgan fingerprint density at radius 3 is 2.58 bits per heavy atom. The van der Waals surface area contributed by atoms with Crippen LogP contribution >= 0.6 is 0 Å². The molecular formula is C14H23NO3S. The third-order valence-electron chi connectivity index (χ3n) is 3.65. The Bertz CT molecular complexity index is 394. The quantitative estimate of drug-likeness (QED) is 0.642. The van der Waals surface area contributed by atoms with Crippen LogP contribution in [0, 0.1) is 22.2 Å². The van der Waals surface area contributed by atoms with E-state index in [0.717, 1.165) is 25.7 Å². The lowest BCUT2D eigenvalue weighted by Gasteiger charge is -2.16. The van der Waals surface area contributed by atoms with Gasteiger partial charge in [0.2, 0.25) is 0 Å². The summed E-state index contributed by atoms with van der Waals surface area (Å²) in [6, 6.07) is 2.25. The summed E-state index contributed by atoms with van der Waals surface area (Å²) in [7, 11) is 0.489. The minimum atomic E-state index is -0.899. The van der Waals surface area contributed by atoms with Crippen LogP contribution < -0.4 is 0 Å². The maximum Gasteiger partial charge on any atom is 0.306 e. The average molecular weight is 285 g/mol. The van der Waals surface area contributed by atoms with E-state index in [-0.39, 0.29) is 16.8 Å². The smallest absolute Gasteiger partial charge is 0.306 e. The molecule has 1 rings (SSSR count). The molecular weight excluding hydrogens is 262 g/mol. The molecule has 0 heterocycles. The molecule has 1 atom stereocenters. The average Bonchev–Trinajstić information content (AvgIpc) is 3.08. The lowest BCUT2D eigenvalue weighted by atomic mass is 9.90. The Labute approximate surface area is 118 Å². The Hall–Kier alpha value is -0.890. The predicted molar refractivity (Wildman–Crippen MR) is 74.8 cm³/mol. The van der Waals surface area contributed by atoms with Gasteiger partial charge in [0.15, 0.2) is 0 Å². The van der Waals surface area contributed by atoms with Gasteiger partial charge in [-0.1, -0.05) is 0 Å². The first-order chi connectivity index (χ1) is 8.82. The summed E-state index contributed by atoms with van der Waals surface area (Å²) >= 11 is 0. The standard InChI is InChI=1S/C14H23NO3S/c1-13(2,10-15)5-4-8-19(17)11-14(6-7-14)9-12(16)18-3/h4-9,11H2,1-3H3. The van der Waals surface area contributed by atoms with Crippen LogP contribution in [-0.4, -0.2) is 28.8 Å². The highest BCUT2D eigenvalue weighted by molar-refractivity contribution is 7.85. The van der Waals surface area contributed by atoms with E-state index in [9.17, 15) is 9.00 Å². The van der Waals surface area contributed by atoms with E-state index in [0.29, 0.717) is 17.9 Å². The van der Waals surface area contributed by atoms with E-state index in [1.165, 1.54) is 7.11 Å². The van der Waals surface area contributed by atoms with Crippen molar-refractivity contribution in [3.05, 3.63) is 0 Å². The molecule has 5 heteroatoms. The van der Waals surface area contributed by atoms with Gasteiger partial charge in [-0.25, -0.2) is 0 Å². The second kappa shape index (κ2) is 6.51. The molecule has 0 saturated heterocycles. The Balaban J connectivity index is 2.29. The van der Waals surface area contributed by atoms with Crippen molar-refractivity contribution in [2.75, 3.05) is 18.6 Å². The summed E-state index contributed by atoms with van der Waals surface area (Å²) in [5.41, 5.74) is -0.407. The Kier molecular flexibility index (Phi) is 5.54. The molecule has 1 saturated carbocycles.